The lowest BCUT2D eigenvalue weighted by atomic mass is 9.84. The highest BCUT2D eigenvalue weighted by molar-refractivity contribution is 6.11. The highest BCUT2D eigenvalue weighted by Gasteiger charge is 2.62. The zero-order valence-electron chi connectivity index (χ0n) is 13.8. The van der Waals surface area contributed by atoms with Crippen LogP contribution in [0.25, 0.3) is 0 Å². The molecule has 136 valence electrons. The summed E-state index contributed by atoms with van der Waals surface area (Å²) >= 11 is 0. The number of ether oxygens (including phenoxy) is 4. The van der Waals surface area contributed by atoms with Gasteiger partial charge in [-0.1, -0.05) is 0 Å². The number of carbonyl (C=O) groups is 5. The second kappa shape index (κ2) is 8.22. The van der Waals surface area contributed by atoms with Gasteiger partial charge in [-0.15, -0.1) is 0 Å². The van der Waals surface area contributed by atoms with Gasteiger partial charge in [0.05, 0.1) is 28.4 Å². The molecule has 0 bridgehead atoms. The van der Waals surface area contributed by atoms with Crippen LogP contribution < -0.4 is 5.32 Å². The minimum atomic E-state index is -3.59. The van der Waals surface area contributed by atoms with Crippen LogP contribution in [0.2, 0.25) is 0 Å². The molecule has 0 aliphatic heterocycles. The van der Waals surface area contributed by atoms with Crippen LogP contribution >= 0.6 is 0 Å². The van der Waals surface area contributed by atoms with Crippen molar-refractivity contribution in [2.24, 2.45) is 0 Å². The van der Waals surface area contributed by atoms with Crippen molar-refractivity contribution in [3.63, 3.8) is 0 Å². The van der Waals surface area contributed by atoms with E-state index in [0.29, 0.717) is 0 Å². The summed E-state index contributed by atoms with van der Waals surface area (Å²) in [6.07, 6.45) is -1.49. The lowest BCUT2D eigenvalue weighted by Gasteiger charge is -2.32. The van der Waals surface area contributed by atoms with Gasteiger partial charge >= 0.3 is 29.5 Å². The topological polar surface area (TPSA) is 134 Å². The Bertz CT molecular complexity index is 514. The Kier molecular flexibility index (Phi) is 7.29. The van der Waals surface area contributed by atoms with Crippen LogP contribution in [0.3, 0.4) is 0 Å². The normalized spacial score (nSPS) is 11.1. The molecule has 0 spiro atoms. The van der Waals surface area contributed by atoms with Gasteiger partial charge in [-0.3, -0.25) is 4.79 Å². The Morgan fingerprint density at radius 1 is 0.792 bits per heavy atom. The summed E-state index contributed by atoms with van der Waals surface area (Å²) in [4.78, 5) is 58.9. The predicted molar refractivity (Wildman–Crippen MR) is 73.1 cm³/mol. The molecule has 0 aromatic heterocycles. The van der Waals surface area contributed by atoms with E-state index in [4.69, 9.17) is 0 Å². The molecule has 24 heavy (non-hydrogen) atoms. The highest BCUT2D eigenvalue weighted by atomic mass is 19.1. The fourth-order valence-electron chi connectivity index (χ4n) is 1.94. The van der Waals surface area contributed by atoms with Crippen molar-refractivity contribution >= 4 is 29.8 Å². The number of carbonyl (C=O) groups excluding carboxylic acids is 5. The molecule has 11 heteroatoms. The van der Waals surface area contributed by atoms with E-state index >= 15 is 4.39 Å². The van der Waals surface area contributed by atoms with E-state index in [0.717, 1.165) is 35.4 Å². The Labute approximate surface area is 136 Å². The third-order valence-corrected chi connectivity index (χ3v) is 2.98. The molecule has 0 aromatic carbocycles. The van der Waals surface area contributed by atoms with Crippen molar-refractivity contribution in [3.05, 3.63) is 0 Å². The number of nitrogens with one attached hydrogen (secondary N) is 1. The fraction of sp³-hybridized carbons (Fsp3) is 0.615. The third-order valence-electron chi connectivity index (χ3n) is 2.98. The molecule has 0 fully saturated rings. The summed E-state index contributed by atoms with van der Waals surface area (Å²) in [5, 5.41) is 1.86. The zero-order valence-corrected chi connectivity index (χ0v) is 13.8. The quantitative estimate of drug-likeness (QED) is 0.335. The first-order chi connectivity index (χ1) is 11.0. The van der Waals surface area contributed by atoms with Crippen molar-refractivity contribution in [2.75, 3.05) is 28.4 Å². The number of amides is 1. The van der Waals surface area contributed by atoms with E-state index in [-0.39, 0.29) is 0 Å². The van der Waals surface area contributed by atoms with Gasteiger partial charge in [0.2, 0.25) is 11.4 Å². The van der Waals surface area contributed by atoms with E-state index in [1.54, 1.807) is 0 Å². The van der Waals surface area contributed by atoms with Crippen molar-refractivity contribution in [3.8, 4) is 0 Å². The van der Waals surface area contributed by atoms with Gasteiger partial charge in [0.1, 0.15) is 0 Å². The van der Waals surface area contributed by atoms with Crippen LogP contribution in [0, 0.1) is 0 Å². The molecular weight excluding hydrogens is 333 g/mol. The number of halogens is 1. The van der Waals surface area contributed by atoms with Crippen molar-refractivity contribution in [1.82, 2.24) is 5.32 Å². The summed E-state index contributed by atoms with van der Waals surface area (Å²) in [5.74, 6) is -7.35. The van der Waals surface area contributed by atoms with Crippen molar-refractivity contribution < 1.29 is 47.3 Å². The average Bonchev–Trinajstić information content (AvgIpc) is 2.56. The molecule has 0 heterocycles. The molecule has 0 aliphatic carbocycles. The Hall–Kier alpha value is -2.72. The first-order valence-electron chi connectivity index (χ1n) is 6.37. The summed E-state index contributed by atoms with van der Waals surface area (Å²) in [7, 11) is 3.24. The summed E-state index contributed by atoms with van der Waals surface area (Å²) in [6, 6.07) is 0. The van der Waals surface area contributed by atoms with Crippen LogP contribution in [0.4, 0.5) is 4.39 Å². The first kappa shape index (κ1) is 21.3. The molecule has 0 aliphatic rings. The van der Waals surface area contributed by atoms with E-state index in [1.807, 2.05) is 5.32 Å². The van der Waals surface area contributed by atoms with E-state index in [9.17, 15) is 24.0 Å². The zero-order chi connectivity index (χ0) is 19.1. The smallest absolute Gasteiger partial charge is 0.355 e. The first-order valence-corrected chi connectivity index (χ1v) is 6.37. The van der Waals surface area contributed by atoms with Crippen molar-refractivity contribution in [2.45, 2.75) is 24.6 Å². The second-order valence-corrected chi connectivity index (χ2v) is 4.53. The molecule has 10 nitrogen and oxygen atoms in total. The molecule has 0 unspecified atom stereocenters. The molecule has 0 radical (unpaired) electrons. The van der Waals surface area contributed by atoms with Gasteiger partial charge in [-0.2, -0.15) is 0 Å². The number of rotatable bonds is 7. The number of esters is 4. The van der Waals surface area contributed by atoms with Crippen LogP contribution in [-0.4, -0.2) is 69.4 Å². The van der Waals surface area contributed by atoms with Gasteiger partial charge < -0.3 is 24.3 Å². The molecule has 0 saturated carbocycles. The molecule has 1 N–H and O–H groups in total. The number of methoxy groups -OCH3 is 4. The summed E-state index contributed by atoms with van der Waals surface area (Å²) < 4.78 is 32.1. The van der Waals surface area contributed by atoms with Gasteiger partial charge in [-0.05, 0) is 0 Å². The lowest BCUT2D eigenvalue weighted by molar-refractivity contribution is -0.179. The summed E-state index contributed by atoms with van der Waals surface area (Å²) in [5.41, 5.74) is -6.40. The maximum Gasteiger partial charge on any atom is 0.355 e. The van der Waals surface area contributed by atoms with E-state index in [2.05, 4.69) is 18.9 Å². The molecule has 0 saturated heterocycles. The van der Waals surface area contributed by atoms with Crippen molar-refractivity contribution in [1.29, 1.82) is 0 Å². The molecule has 0 rings (SSSR count). The lowest BCUT2D eigenvalue weighted by Crippen LogP contribution is -2.65. The molecule has 0 atom stereocenters. The van der Waals surface area contributed by atoms with Crippen LogP contribution in [0.5, 0.6) is 0 Å². The minimum absolute atomic E-state index is 0.774. The predicted octanol–water partition coefficient (Wildman–Crippen LogP) is -1.35. The van der Waals surface area contributed by atoms with Gasteiger partial charge in [-0.25, -0.2) is 23.6 Å². The Morgan fingerprint density at radius 3 is 1.38 bits per heavy atom. The van der Waals surface area contributed by atoms with Gasteiger partial charge in [0.25, 0.3) is 0 Å². The molecule has 0 aromatic rings. The average molecular weight is 351 g/mol. The Morgan fingerprint density at radius 2 is 1.12 bits per heavy atom. The largest absolute Gasteiger partial charge is 0.467 e. The monoisotopic (exact) mass is 351 g/mol. The van der Waals surface area contributed by atoms with Crippen LogP contribution in [0.1, 0.15) is 13.3 Å². The fourth-order valence-corrected chi connectivity index (χ4v) is 1.94. The highest BCUT2D eigenvalue weighted by Crippen LogP contribution is 2.30. The molecule has 1 amide bonds. The Balaban J connectivity index is 6.34. The van der Waals surface area contributed by atoms with E-state index in [1.165, 1.54) is 0 Å². The van der Waals surface area contributed by atoms with Gasteiger partial charge in [0, 0.05) is 13.3 Å². The third kappa shape index (κ3) is 3.97. The number of alkyl halides is 1. The van der Waals surface area contributed by atoms with E-state index < -0.39 is 47.4 Å². The SMILES string of the molecule is COC(=O)C(F)(CC(NC(C)=O)(C(=O)OC)C(=O)OC)C(=O)OC. The minimum Gasteiger partial charge on any atom is -0.467 e. The maximum atomic E-state index is 15.0. The number of hydrogen-bond donors (Lipinski definition) is 1. The standard InChI is InChI=1S/C13H18FNO9/c1-7(16)15-13(10(19)23-4,11(20)24-5)6-12(14,8(17)21-2)9(18)22-3/h6H2,1-5H3,(H,15,16). The summed E-state index contributed by atoms with van der Waals surface area (Å²) in [6.45, 7) is 0.914. The maximum absolute atomic E-state index is 15.0. The molecular formula is C13H18FNO9. The second-order valence-electron chi connectivity index (χ2n) is 4.53. The van der Waals surface area contributed by atoms with Gasteiger partial charge in [0.15, 0.2) is 0 Å². The van der Waals surface area contributed by atoms with Crippen LogP contribution in [0.15, 0.2) is 0 Å². The number of hydrogen-bond acceptors (Lipinski definition) is 9. The van der Waals surface area contributed by atoms with Crippen LogP contribution in [-0.2, 0) is 42.9 Å².